The number of benzene rings is 2. The van der Waals surface area contributed by atoms with Gasteiger partial charge in [0, 0.05) is 31.7 Å². The van der Waals surface area contributed by atoms with Gasteiger partial charge in [0.05, 0.1) is 11.7 Å². The van der Waals surface area contributed by atoms with Gasteiger partial charge in [-0.05, 0) is 48.1 Å². The maximum atomic E-state index is 12.5. The molecule has 2 aromatic carbocycles. The highest BCUT2D eigenvalue weighted by Crippen LogP contribution is 2.30. The monoisotopic (exact) mass is 441 g/mol. The highest BCUT2D eigenvalue weighted by atomic mass is 32.2. The lowest BCUT2D eigenvalue weighted by molar-refractivity contribution is -0.126. The van der Waals surface area contributed by atoms with E-state index in [4.69, 9.17) is 0 Å². The Kier molecular flexibility index (Phi) is 6.38. The zero-order valence-corrected chi connectivity index (χ0v) is 18.2. The molecular formula is C23H27N3O4S. The van der Waals surface area contributed by atoms with E-state index in [0.717, 1.165) is 30.5 Å². The van der Waals surface area contributed by atoms with Crippen LogP contribution in [0.2, 0.25) is 0 Å². The molecular weight excluding hydrogens is 414 g/mol. The summed E-state index contributed by atoms with van der Waals surface area (Å²) in [4.78, 5) is 26.7. The molecule has 1 saturated heterocycles. The van der Waals surface area contributed by atoms with Crippen molar-refractivity contribution in [2.75, 3.05) is 23.7 Å². The van der Waals surface area contributed by atoms with Crippen LogP contribution in [0.25, 0.3) is 0 Å². The summed E-state index contributed by atoms with van der Waals surface area (Å²) in [6, 6.07) is 15.3. The van der Waals surface area contributed by atoms with Gasteiger partial charge in [-0.2, -0.15) is 0 Å². The van der Waals surface area contributed by atoms with E-state index in [2.05, 4.69) is 22.2 Å². The molecule has 0 radical (unpaired) electrons. The lowest BCUT2D eigenvalue weighted by atomic mass is 10.1. The minimum absolute atomic E-state index is 0.00644. The number of fused-ring (bicyclic) bond motifs is 1. The quantitative estimate of drug-likeness (QED) is 0.653. The largest absolute Gasteiger partial charge is 0.355 e. The first-order valence-corrected chi connectivity index (χ1v) is 12.3. The number of hydrogen-bond acceptors (Lipinski definition) is 4. The Morgan fingerprint density at radius 1 is 1.06 bits per heavy atom. The Morgan fingerprint density at radius 3 is 2.65 bits per heavy atom. The predicted octanol–water partition coefficient (Wildman–Crippen LogP) is 1.76. The van der Waals surface area contributed by atoms with Crippen molar-refractivity contribution in [3.8, 4) is 0 Å². The van der Waals surface area contributed by atoms with Crippen molar-refractivity contribution < 1.29 is 18.0 Å². The van der Waals surface area contributed by atoms with Crippen LogP contribution in [0.3, 0.4) is 0 Å². The number of hydrogen-bond donors (Lipinski definition) is 2. The van der Waals surface area contributed by atoms with Crippen LogP contribution >= 0.6 is 0 Å². The molecule has 164 valence electrons. The topological polar surface area (TPSA) is 95.6 Å². The number of anilines is 1. The van der Waals surface area contributed by atoms with Gasteiger partial charge in [0.15, 0.2) is 0 Å². The molecule has 1 fully saturated rings. The third-order valence-electron chi connectivity index (χ3n) is 5.90. The molecule has 0 aromatic heterocycles. The molecule has 1 unspecified atom stereocenters. The van der Waals surface area contributed by atoms with Gasteiger partial charge >= 0.3 is 0 Å². The highest BCUT2D eigenvalue weighted by Gasteiger charge is 2.35. The summed E-state index contributed by atoms with van der Waals surface area (Å²) in [5.41, 5.74) is 4.33. The number of sulfonamides is 1. The summed E-state index contributed by atoms with van der Waals surface area (Å²) in [5, 5.41) is 2.68. The van der Waals surface area contributed by atoms with Crippen molar-refractivity contribution in [1.29, 1.82) is 0 Å². The predicted molar refractivity (Wildman–Crippen MR) is 119 cm³/mol. The Hall–Kier alpha value is -2.71. The van der Waals surface area contributed by atoms with Gasteiger partial charge < -0.3 is 10.2 Å². The number of carbonyl (C=O) groups is 2. The highest BCUT2D eigenvalue weighted by molar-refractivity contribution is 7.89. The smallest absolute Gasteiger partial charge is 0.227 e. The van der Waals surface area contributed by atoms with Crippen molar-refractivity contribution in [1.82, 2.24) is 10.0 Å². The molecule has 2 aromatic rings. The van der Waals surface area contributed by atoms with E-state index in [1.165, 1.54) is 11.1 Å². The van der Waals surface area contributed by atoms with Crippen LogP contribution in [0, 0.1) is 5.92 Å². The van der Waals surface area contributed by atoms with E-state index >= 15 is 0 Å². The molecule has 2 amide bonds. The molecule has 2 N–H and O–H groups in total. The van der Waals surface area contributed by atoms with Gasteiger partial charge in [-0.1, -0.05) is 36.4 Å². The van der Waals surface area contributed by atoms with Crippen LogP contribution in [0.1, 0.15) is 29.5 Å². The minimum atomic E-state index is -3.51. The van der Waals surface area contributed by atoms with Crippen LogP contribution in [0.4, 0.5) is 5.69 Å². The fourth-order valence-electron chi connectivity index (χ4n) is 4.17. The maximum absolute atomic E-state index is 12.5. The molecule has 31 heavy (non-hydrogen) atoms. The molecule has 1 heterocycles. The summed E-state index contributed by atoms with van der Waals surface area (Å²) >= 11 is 0. The Labute approximate surface area is 182 Å². The molecule has 7 nitrogen and oxygen atoms in total. The standard InChI is InChI=1S/C23H27N3O4S/c27-22-14-20(16-26(22)21-10-9-18-7-4-8-19(18)13-21)23(28)24-11-12-31(29,30)25-15-17-5-2-1-3-6-17/h1-3,5-6,9-10,13,20,25H,4,7-8,11-12,14-16H2,(H,24,28). The van der Waals surface area contributed by atoms with Crippen molar-refractivity contribution in [3.63, 3.8) is 0 Å². The number of rotatable bonds is 8. The van der Waals surface area contributed by atoms with Crippen LogP contribution in [-0.4, -0.2) is 39.1 Å². The summed E-state index contributed by atoms with van der Waals surface area (Å²) in [7, 11) is -3.51. The molecule has 2 aliphatic rings. The number of aryl methyl sites for hydroxylation is 2. The number of nitrogens with one attached hydrogen (secondary N) is 2. The van der Waals surface area contributed by atoms with Gasteiger partial charge in [0.2, 0.25) is 21.8 Å². The van der Waals surface area contributed by atoms with Crippen molar-refractivity contribution in [2.45, 2.75) is 32.2 Å². The van der Waals surface area contributed by atoms with Gasteiger partial charge in [0.25, 0.3) is 0 Å². The Bertz CT molecular complexity index is 1070. The molecule has 0 spiro atoms. The van der Waals surface area contributed by atoms with E-state index in [0.29, 0.717) is 6.54 Å². The van der Waals surface area contributed by atoms with Gasteiger partial charge in [-0.25, -0.2) is 13.1 Å². The molecule has 1 aliphatic carbocycles. The number of nitrogens with zero attached hydrogens (tertiary/aromatic N) is 1. The van der Waals surface area contributed by atoms with Gasteiger partial charge in [-0.15, -0.1) is 0 Å². The van der Waals surface area contributed by atoms with E-state index in [1.807, 2.05) is 36.4 Å². The van der Waals surface area contributed by atoms with Crippen LogP contribution < -0.4 is 14.9 Å². The second-order valence-corrected chi connectivity index (χ2v) is 10.1. The molecule has 0 saturated carbocycles. The normalized spacial score (nSPS) is 18.3. The second-order valence-electron chi connectivity index (χ2n) is 8.13. The lowest BCUT2D eigenvalue weighted by Gasteiger charge is -2.18. The van der Waals surface area contributed by atoms with Crippen LogP contribution in [-0.2, 0) is 39.0 Å². The first-order chi connectivity index (χ1) is 14.9. The van der Waals surface area contributed by atoms with E-state index in [1.54, 1.807) is 4.90 Å². The Balaban J connectivity index is 1.26. The molecule has 1 atom stereocenters. The Morgan fingerprint density at radius 2 is 1.84 bits per heavy atom. The number of carbonyl (C=O) groups excluding carboxylic acids is 2. The van der Waals surface area contributed by atoms with E-state index < -0.39 is 15.9 Å². The summed E-state index contributed by atoms with van der Waals surface area (Å²) < 4.78 is 26.9. The van der Waals surface area contributed by atoms with Crippen LogP contribution in [0.15, 0.2) is 48.5 Å². The fourth-order valence-corrected chi connectivity index (χ4v) is 5.07. The number of amides is 2. The summed E-state index contributed by atoms with van der Waals surface area (Å²) in [6.07, 6.45) is 3.39. The minimum Gasteiger partial charge on any atom is -0.355 e. The van der Waals surface area contributed by atoms with Gasteiger partial charge in [0.1, 0.15) is 0 Å². The van der Waals surface area contributed by atoms with Gasteiger partial charge in [-0.3, -0.25) is 9.59 Å². The zero-order chi connectivity index (χ0) is 21.8. The molecule has 8 heteroatoms. The first kappa shape index (κ1) is 21.5. The second kappa shape index (κ2) is 9.20. The SMILES string of the molecule is O=C(NCCS(=O)(=O)NCc1ccccc1)C1CC(=O)N(c2ccc3c(c2)CCC3)C1. The summed E-state index contributed by atoms with van der Waals surface area (Å²) in [6.45, 7) is 0.541. The van der Waals surface area contributed by atoms with E-state index in [-0.39, 0.29) is 37.1 Å². The molecule has 4 rings (SSSR count). The fraction of sp³-hybridized carbons (Fsp3) is 0.391. The van der Waals surface area contributed by atoms with Crippen LogP contribution in [0.5, 0.6) is 0 Å². The van der Waals surface area contributed by atoms with Crippen molar-refractivity contribution in [3.05, 3.63) is 65.2 Å². The lowest BCUT2D eigenvalue weighted by Crippen LogP contribution is -2.38. The molecule has 1 aliphatic heterocycles. The third-order valence-corrected chi connectivity index (χ3v) is 7.22. The van der Waals surface area contributed by atoms with Crippen molar-refractivity contribution in [2.24, 2.45) is 5.92 Å². The summed E-state index contributed by atoms with van der Waals surface area (Å²) in [5.74, 6) is -1.04. The average Bonchev–Trinajstić information content (AvgIpc) is 3.39. The zero-order valence-electron chi connectivity index (χ0n) is 17.3. The molecule has 0 bridgehead atoms. The first-order valence-electron chi connectivity index (χ1n) is 10.6. The van der Waals surface area contributed by atoms with E-state index in [9.17, 15) is 18.0 Å². The van der Waals surface area contributed by atoms with Crippen molar-refractivity contribution >= 4 is 27.5 Å². The maximum Gasteiger partial charge on any atom is 0.227 e. The average molecular weight is 442 g/mol. The third kappa shape index (κ3) is 5.32.